The normalized spacial score (nSPS) is 13.6. The number of ether oxygens (including phenoxy) is 2. The van der Waals surface area contributed by atoms with E-state index in [-0.39, 0.29) is 28.0 Å². The van der Waals surface area contributed by atoms with E-state index < -0.39 is 20.1 Å². The molecule has 1 atom stereocenters. The summed E-state index contributed by atoms with van der Waals surface area (Å²) in [5.74, 6) is 0.204. The van der Waals surface area contributed by atoms with Crippen LogP contribution < -0.4 is 15.6 Å². The number of carbonyl (C=O) groups is 2. The van der Waals surface area contributed by atoms with Crippen LogP contribution in [0.25, 0.3) is 10.9 Å². The summed E-state index contributed by atoms with van der Waals surface area (Å²) in [6, 6.07) is 14.4. The van der Waals surface area contributed by atoms with Crippen molar-refractivity contribution >= 4 is 31.7 Å². The van der Waals surface area contributed by atoms with E-state index in [2.05, 4.69) is 58.0 Å². The first-order valence-electron chi connectivity index (χ1n) is 14.3. The van der Waals surface area contributed by atoms with Gasteiger partial charge in [0.15, 0.2) is 14.1 Å². The molecule has 0 aliphatic carbocycles. The number of pyridine rings is 1. The first kappa shape index (κ1) is 33.2. The summed E-state index contributed by atoms with van der Waals surface area (Å²) in [6.45, 7) is 21.0. The molecule has 42 heavy (non-hydrogen) atoms. The smallest absolute Gasteiger partial charge is 0.428 e. The fourth-order valence-corrected chi connectivity index (χ4v) is 5.72. The van der Waals surface area contributed by atoms with E-state index in [1.54, 1.807) is 39.0 Å². The largest absolute Gasteiger partial charge is 0.514 e. The highest BCUT2D eigenvalue weighted by atomic mass is 28.4. The van der Waals surface area contributed by atoms with Crippen molar-refractivity contribution in [2.75, 3.05) is 6.54 Å². The molecule has 0 radical (unpaired) electrons. The second kappa shape index (κ2) is 12.5. The Morgan fingerprint density at radius 1 is 1.00 bits per heavy atom. The number of fused-ring (bicyclic) bond motifs is 1. The van der Waals surface area contributed by atoms with E-state index >= 15 is 0 Å². The number of rotatable bonds is 10. The minimum atomic E-state index is -2.25. The second-order valence-electron chi connectivity index (χ2n) is 14.0. The summed E-state index contributed by atoms with van der Waals surface area (Å²) in [6.07, 6.45) is 0.351. The molecule has 0 bridgehead atoms. The number of H-pyrrole nitrogens is 1. The van der Waals surface area contributed by atoms with Crippen LogP contribution >= 0.6 is 0 Å². The fourth-order valence-electron chi connectivity index (χ4n) is 4.44. The molecule has 3 rings (SSSR count). The summed E-state index contributed by atoms with van der Waals surface area (Å²) in [7, 11) is -2.25. The van der Waals surface area contributed by atoms with E-state index in [0.29, 0.717) is 24.0 Å². The van der Waals surface area contributed by atoms with Gasteiger partial charge in [-0.05, 0) is 88.5 Å². The van der Waals surface area contributed by atoms with Gasteiger partial charge in [-0.3, -0.25) is 9.59 Å². The zero-order chi connectivity index (χ0) is 31.5. The molecule has 3 aromatic rings. The van der Waals surface area contributed by atoms with Crippen molar-refractivity contribution in [1.29, 1.82) is 0 Å². The number of hydrogen-bond acceptors (Lipinski definition) is 7. The Kier molecular flexibility index (Phi) is 9.91. The Bertz CT molecular complexity index is 1480. The van der Waals surface area contributed by atoms with Gasteiger partial charge in [0, 0.05) is 29.1 Å². The van der Waals surface area contributed by atoms with Crippen molar-refractivity contribution in [2.45, 2.75) is 97.2 Å². The lowest BCUT2D eigenvalue weighted by atomic mass is 9.93. The maximum absolute atomic E-state index is 12.5. The number of aromatic amines is 1. The van der Waals surface area contributed by atoms with Crippen LogP contribution in [0, 0.1) is 0 Å². The summed E-state index contributed by atoms with van der Waals surface area (Å²) in [5, 5.41) is 4.38. The Hall–Kier alpha value is -3.27. The third-order valence-electron chi connectivity index (χ3n) is 7.56. The van der Waals surface area contributed by atoms with E-state index in [4.69, 9.17) is 13.9 Å². The van der Waals surface area contributed by atoms with E-state index in [1.807, 2.05) is 24.3 Å². The lowest BCUT2D eigenvalue weighted by molar-refractivity contribution is 0.0208. The molecular formula is C33H46N2O6Si. The van der Waals surface area contributed by atoms with Crippen molar-refractivity contribution in [3.05, 3.63) is 75.6 Å². The van der Waals surface area contributed by atoms with Crippen LogP contribution in [0.1, 0.15) is 83.0 Å². The third-order valence-corrected chi connectivity index (χ3v) is 12.0. The maximum atomic E-state index is 12.5. The van der Waals surface area contributed by atoms with E-state index in [1.165, 1.54) is 6.07 Å². The van der Waals surface area contributed by atoms with Crippen LogP contribution in [0.2, 0.25) is 18.1 Å². The Morgan fingerprint density at radius 3 is 2.31 bits per heavy atom. The molecule has 9 heteroatoms. The van der Waals surface area contributed by atoms with Crippen LogP contribution in [-0.2, 0) is 15.6 Å². The molecule has 0 saturated carbocycles. The zero-order valence-electron chi connectivity index (χ0n) is 26.6. The van der Waals surface area contributed by atoms with Crippen molar-refractivity contribution in [3.63, 3.8) is 0 Å². The van der Waals surface area contributed by atoms with Gasteiger partial charge in [-0.15, -0.1) is 0 Å². The molecule has 0 saturated heterocycles. The zero-order valence-corrected chi connectivity index (χ0v) is 27.6. The lowest BCUT2D eigenvalue weighted by Crippen LogP contribution is -2.47. The molecule has 1 unspecified atom stereocenters. The van der Waals surface area contributed by atoms with E-state index in [0.717, 1.165) is 22.8 Å². The predicted molar refractivity (Wildman–Crippen MR) is 170 cm³/mol. The van der Waals surface area contributed by atoms with Gasteiger partial charge < -0.3 is 24.2 Å². The molecule has 8 nitrogen and oxygen atoms in total. The van der Waals surface area contributed by atoms with Crippen molar-refractivity contribution in [2.24, 2.45) is 0 Å². The van der Waals surface area contributed by atoms with E-state index in [9.17, 15) is 14.4 Å². The average molecular weight is 595 g/mol. The van der Waals surface area contributed by atoms with Gasteiger partial charge in [-0.25, -0.2) is 4.79 Å². The molecular weight excluding hydrogens is 548 g/mol. The highest BCUT2D eigenvalue weighted by molar-refractivity contribution is 6.74. The molecule has 0 spiro atoms. The van der Waals surface area contributed by atoms with Crippen molar-refractivity contribution in [3.8, 4) is 5.75 Å². The average Bonchev–Trinajstić information content (AvgIpc) is 2.85. The predicted octanol–water partition coefficient (Wildman–Crippen LogP) is 7.33. The van der Waals surface area contributed by atoms with Gasteiger partial charge in [0.2, 0.25) is 5.56 Å². The Balaban J connectivity index is 2.01. The minimum Gasteiger partial charge on any atom is -0.428 e. The van der Waals surface area contributed by atoms with Crippen LogP contribution in [0.15, 0.2) is 53.3 Å². The van der Waals surface area contributed by atoms with Crippen molar-refractivity contribution in [1.82, 2.24) is 10.3 Å². The number of aromatic nitrogens is 1. The maximum Gasteiger partial charge on any atom is 0.514 e. The molecule has 1 heterocycles. The standard InChI is InChI=1S/C33H46N2O6Si/c1-31(2,3)40-30(38)39-26-16-14-24(25-15-17-28(37)35-29(25)26)27(41-42(9,10)32(4,5)6)20-34-33(7,8)19-22-12-11-13-23(18-22)21-36/h11-18,21,27,34H,19-20H2,1-10H3,(H,35,37). The fraction of sp³-hybridized carbons (Fsp3) is 0.485. The SMILES string of the molecule is CC(C)(Cc1cccc(C=O)c1)NCC(O[Si](C)(C)C(C)(C)C)c1ccc(OC(=O)OC(C)(C)C)c2[nH]c(=O)ccc12. The van der Waals surface area contributed by atoms with Crippen LogP contribution in [-0.4, -0.2) is 43.4 Å². The summed E-state index contributed by atoms with van der Waals surface area (Å²) in [5.41, 5.74) is 1.62. The second-order valence-corrected chi connectivity index (χ2v) is 18.8. The molecule has 0 aliphatic heterocycles. The lowest BCUT2D eigenvalue weighted by Gasteiger charge is -2.40. The summed E-state index contributed by atoms with van der Waals surface area (Å²) < 4.78 is 17.9. The first-order valence-corrected chi connectivity index (χ1v) is 17.2. The van der Waals surface area contributed by atoms with Gasteiger partial charge in [-0.1, -0.05) is 45.0 Å². The molecule has 1 aromatic heterocycles. The molecule has 228 valence electrons. The van der Waals surface area contributed by atoms with Crippen molar-refractivity contribution < 1.29 is 23.5 Å². The first-order chi connectivity index (χ1) is 19.3. The van der Waals surface area contributed by atoms with Gasteiger partial charge >= 0.3 is 6.16 Å². The number of carbonyl (C=O) groups excluding carboxylic acids is 2. The van der Waals surface area contributed by atoms with Gasteiger partial charge in [0.1, 0.15) is 11.9 Å². The number of hydrogen-bond donors (Lipinski definition) is 2. The summed E-state index contributed by atoms with van der Waals surface area (Å²) in [4.78, 5) is 39.0. The van der Waals surface area contributed by atoms with Crippen LogP contribution in [0.4, 0.5) is 4.79 Å². The highest BCUT2D eigenvalue weighted by Gasteiger charge is 2.40. The molecule has 2 N–H and O–H groups in total. The van der Waals surface area contributed by atoms with Gasteiger partial charge in [0.05, 0.1) is 11.6 Å². The Labute approximate surface area is 250 Å². The quantitative estimate of drug-likeness (QED) is 0.110. The molecule has 0 aliphatic rings. The monoisotopic (exact) mass is 594 g/mol. The molecule has 0 fully saturated rings. The highest BCUT2D eigenvalue weighted by Crippen LogP contribution is 2.41. The molecule has 0 amide bonds. The minimum absolute atomic E-state index is 0.0417. The van der Waals surface area contributed by atoms with Crippen LogP contribution in [0.5, 0.6) is 5.75 Å². The van der Waals surface area contributed by atoms with Gasteiger partial charge in [0.25, 0.3) is 0 Å². The topological polar surface area (TPSA) is 107 Å². The third kappa shape index (κ3) is 8.86. The van der Waals surface area contributed by atoms with Crippen LogP contribution in [0.3, 0.4) is 0 Å². The number of nitrogens with one attached hydrogen (secondary N) is 2. The Morgan fingerprint density at radius 2 is 1.69 bits per heavy atom. The molecule has 2 aromatic carbocycles. The summed E-state index contributed by atoms with van der Waals surface area (Å²) >= 11 is 0. The number of aldehydes is 1. The number of benzene rings is 2. The van der Waals surface area contributed by atoms with Gasteiger partial charge in [-0.2, -0.15) is 0 Å².